The van der Waals surface area contributed by atoms with Crippen LogP contribution in [0.15, 0.2) is 41.1 Å². The van der Waals surface area contributed by atoms with Gasteiger partial charge in [0, 0.05) is 33.4 Å². The van der Waals surface area contributed by atoms with Crippen molar-refractivity contribution in [3.05, 3.63) is 56.7 Å². The van der Waals surface area contributed by atoms with Gasteiger partial charge in [-0.05, 0) is 23.3 Å². The summed E-state index contributed by atoms with van der Waals surface area (Å²) < 4.78 is 0. The van der Waals surface area contributed by atoms with Crippen molar-refractivity contribution in [1.82, 2.24) is 0 Å². The SMILES string of the molecule is N#CC1=C(N)C(C#N)(C#N)[C@H](c2ccc(Cl)cc2Cl)[C@H]2CSCC=C12. The Balaban J connectivity index is 2.36. The first kappa shape index (κ1) is 17.7. The first-order chi connectivity index (χ1) is 12.0. The molecular formula is C18H12Cl2N4S. The molecule has 0 saturated carbocycles. The van der Waals surface area contributed by atoms with Gasteiger partial charge in [-0.25, -0.2) is 0 Å². The van der Waals surface area contributed by atoms with Gasteiger partial charge in [-0.15, -0.1) is 0 Å². The maximum Gasteiger partial charge on any atom is 0.191 e. The molecule has 1 aliphatic heterocycles. The van der Waals surface area contributed by atoms with Crippen LogP contribution < -0.4 is 5.73 Å². The van der Waals surface area contributed by atoms with Gasteiger partial charge in [0.05, 0.1) is 23.4 Å². The number of nitriles is 3. The Morgan fingerprint density at radius 1 is 1.20 bits per heavy atom. The lowest BCUT2D eigenvalue weighted by Gasteiger charge is -2.43. The average Bonchev–Trinajstić information content (AvgIpc) is 2.62. The zero-order chi connectivity index (χ0) is 18.2. The minimum atomic E-state index is -1.65. The second-order valence-electron chi connectivity index (χ2n) is 5.88. The lowest BCUT2D eigenvalue weighted by Crippen LogP contribution is -2.43. The molecule has 0 spiro atoms. The van der Waals surface area contributed by atoms with E-state index in [1.807, 2.05) is 6.08 Å². The van der Waals surface area contributed by atoms with Gasteiger partial charge in [-0.1, -0.05) is 35.3 Å². The van der Waals surface area contributed by atoms with E-state index in [2.05, 4.69) is 18.2 Å². The van der Waals surface area contributed by atoms with Gasteiger partial charge >= 0.3 is 0 Å². The number of halogens is 2. The van der Waals surface area contributed by atoms with Crippen molar-refractivity contribution in [3.8, 4) is 18.2 Å². The monoisotopic (exact) mass is 386 g/mol. The van der Waals surface area contributed by atoms with Crippen molar-refractivity contribution < 1.29 is 0 Å². The molecule has 4 nitrogen and oxygen atoms in total. The van der Waals surface area contributed by atoms with E-state index in [1.54, 1.807) is 30.0 Å². The smallest absolute Gasteiger partial charge is 0.191 e. The van der Waals surface area contributed by atoms with Crippen molar-refractivity contribution in [2.75, 3.05) is 11.5 Å². The largest absolute Gasteiger partial charge is 0.399 e. The summed E-state index contributed by atoms with van der Waals surface area (Å²) >= 11 is 14.1. The molecule has 1 aliphatic carbocycles. The molecule has 0 fully saturated rings. The second kappa shape index (κ2) is 6.66. The Kier molecular flexibility index (Phi) is 4.72. The molecule has 1 heterocycles. The van der Waals surface area contributed by atoms with Crippen molar-refractivity contribution in [2.24, 2.45) is 17.1 Å². The van der Waals surface area contributed by atoms with Crippen LogP contribution in [0.4, 0.5) is 0 Å². The van der Waals surface area contributed by atoms with Crippen molar-refractivity contribution in [3.63, 3.8) is 0 Å². The number of hydrogen-bond acceptors (Lipinski definition) is 5. The molecular weight excluding hydrogens is 375 g/mol. The van der Waals surface area contributed by atoms with E-state index in [0.29, 0.717) is 21.4 Å². The Hall–Kier alpha value is -2.10. The fourth-order valence-corrected chi connectivity index (χ4v) is 5.17. The maximum absolute atomic E-state index is 9.90. The Labute approximate surface area is 160 Å². The van der Waals surface area contributed by atoms with Gasteiger partial charge < -0.3 is 5.73 Å². The maximum atomic E-state index is 9.90. The van der Waals surface area contributed by atoms with E-state index >= 15 is 0 Å². The number of benzene rings is 1. The van der Waals surface area contributed by atoms with Crippen LogP contribution in [0.2, 0.25) is 10.0 Å². The molecule has 1 aromatic rings. The average molecular weight is 387 g/mol. The van der Waals surface area contributed by atoms with Crippen LogP contribution in [0.5, 0.6) is 0 Å². The fraction of sp³-hybridized carbons (Fsp3) is 0.278. The van der Waals surface area contributed by atoms with Crippen LogP contribution in [0.3, 0.4) is 0 Å². The highest BCUT2D eigenvalue weighted by Gasteiger charge is 2.54. The van der Waals surface area contributed by atoms with Gasteiger partial charge in [0.1, 0.15) is 6.07 Å². The van der Waals surface area contributed by atoms with Gasteiger partial charge in [-0.2, -0.15) is 27.5 Å². The number of allylic oxidation sites excluding steroid dienone is 3. The van der Waals surface area contributed by atoms with Crippen molar-refractivity contribution >= 4 is 35.0 Å². The summed E-state index contributed by atoms with van der Waals surface area (Å²) in [6.45, 7) is 0. The molecule has 124 valence electrons. The lowest BCUT2D eigenvalue weighted by atomic mass is 9.59. The first-order valence-corrected chi connectivity index (χ1v) is 9.37. The topological polar surface area (TPSA) is 97.4 Å². The molecule has 0 bridgehead atoms. The predicted molar refractivity (Wildman–Crippen MR) is 98.6 cm³/mol. The quantitative estimate of drug-likeness (QED) is 0.781. The number of fused-ring (bicyclic) bond motifs is 1. The summed E-state index contributed by atoms with van der Waals surface area (Å²) in [6.07, 6.45) is 1.96. The molecule has 2 N–H and O–H groups in total. The van der Waals surface area contributed by atoms with E-state index in [0.717, 1.165) is 11.3 Å². The van der Waals surface area contributed by atoms with Crippen LogP contribution in [0.25, 0.3) is 0 Å². The zero-order valence-corrected chi connectivity index (χ0v) is 15.3. The van der Waals surface area contributed by atoms with Crippen molar-refractivity contribution in [2.45, 2.75) is 5.92 Å². The molecule has 1 aromatic carbocycles. The summed E-state index contributed by atoms with van der Waals surface area (Å²) in [5, 5.41) is 30.2. The van der Waals surface area contributed by atoms with E-state index in [1.165, 1.54) is 0 Å². The Bertz CT molecular complexity index is 916. The molecule has 0 unspecified atom stereocenters. The summed E-state index contributed by atoms with van der Waals surface area (Å²) in [4.78, 5) is 0. The van der Waals surface area contributed by atoms with Crippen molar-refractivity contribution in [1.29, 1.82) is 15.8 Å². The number of hydrogen-bond donors (Lipinski definition) is 1. The van der Waals surface area contributed by atoms with E-state index < -0.39 is 11.3 Å². The van der Waals surface area contributed by atoms with Crippen LogP contribution in [0, 0.1) is 45.3 Å². The molecule has 0 amide bonds. The molecule has 2 aliphatic rings. The van der Waals surface area contributed by atoms with E-state index in [-0.39, 0.29) is 17.2 Å². The molecule has 25 heavy (non-hydrogen) atoms. The van der Waals surface area contributed by atoms with Gasteiger partial charge in [0.2, 0.25) is 0 Å². The highest BCUT2D eigenvalue weighted by molar-refractivity contribution is 7.99. The molecule has 0 saturated heterocycles. The second-order valence-corrected chi connectivity index (χ2v) is 7.80. The predicted octanol–water partition coefficient (Wildman–Crippen LogP) is 4.15. The third kappa shape index (κ3) is 2.59. The number of rotatable bonds is 1. The molecule has 2 atom stereocenters. The van der Waals surface area contributed by atoms with Crippen LogP contribution in [0.1, 0.15) is 11.5 Å². The molecule has 0 radical (unpaired) electrons. The van der Waals surface area contributed by atoms with Gasteiger partial charge in [-0.3, -0.25) is 0 Å². The summed E-state index contributed by atoms with van der Waals surface area (Å²) in [5.41, 5.74) is 6.25. The van der Waals surface area contributed by atoms with E-state index in [9.17, 15) is 15.8 Å². The first-order valence-electron chi connectivity index (χ1n) is 7.46. The standard InChI is InChI=1S/C18H12Cl2N4S/c19-10-1-2-12(15(20)5-10)16-14-7-25-4-3-11(14)13(6-21)17(24)18(16,8-22)9-23/h1-3,5,14,16H,4,7,24H2/t14-,16+/m0/s1. The summed E-state index contributed by atoms with van der Waals surface area (Å²) in [5.74, 6) is 0.679. The number of nitrogens with zero attached hydrogens (tertiary/aromatic N) is 3. The third-order valence-electron chi connectivity index (χ3n) is 4.73. The minimum absolute atomic E-state index is 0.00502. The molecule has 3 rings (SSSR count). The summed E-state index contributed by atoms with van der Waals surface area (Å²) in [7, 11) is 0. The lowest BCUT2D eigenvalue weighted by molar-refractivity contribution is 0.368. The Morgan fingerprint density at radius 2 is 1.92 bits per heavy atom. The minimum Gasteiger partial charge on any atom is -0.399 e. The van der Waals surface area contributed by atoms with Crippen LogP contribution in [-0.2, 0) is 0 Å². The number of thioether (sulfide) groups is 1. The zero-order valence-electron chi connectivity index (χ0n) is 13.0. The molecule has 0 aromatic heterocycles. The fourth-order valence-electron chi connectivity index (χ4n) is 3.58. The van der Waals surface area contributed by atoms with Gasteiger partial charge in [0.25, 0.3) is 0 Å². The molecule has 7 heteroatoms. The van der Waals surface area contributed by atoms with Gasteiger partial charge in [0.15, 0.2) is 5.41 Å². The Morgan fingerprint density at radius 3 is 2.52 bits per heavy atom. The van der Waals surface area contributed by atoms with E-state index in [4.69, 9.17) is 28.9 Å². The highest BCUT2D eigenvalue weighted by atomic mass is 35.5. The number of nitrogens with two attached hydrogens (primary N) is 1. The highest BCUT2D eigenvalue weighted by Crippen LogP contribution is 2.56. The third-order valence-corrected chi connectivity index (χ3v) is 6.29. The van der Waals surface area contributed by atoms with Crippen LogP contribution >= 0.6 is 35.0 Å². The summed E-state index contributed by atoms with van der Waals surface area (Å²) in [6, 6.07) is 11.3. The normalized spacial score (nSPS) is 24.4. The van der Waals surface area contributed by atoms with Crippen LogP contribution in [-0.4, -0.2) is 11.5 Å².